The topological polar surface area (TPSA) is 98.5 Å². The number of ether oxygens (including phenoxy) is 1. The first-order valence-corrected chi connectivity index (χ1v) is 11.3. The van der Waals surface area contributed by atoms with Crippen LogP contribution in [-0.2, 0) is 9.53 Å². The van der Waals surface area contributed by atoms with Gasteiger partial charge in [-0.15, -0.1) is 0 Å². The number of anilines is 1. The van der Waals surface area contributed by atoms with Gasteiger partial charge in [0.25, 0.3) is 0 Å². The van der Waals surface area contributed by atoms with E-state index >= 15 is 0 Å². The van der Waals surface area contributed by atoms with Crippen LogP contribution >= 0.6 is 0 Å². The van der Waals surface area contributed by atoms with E-state index in [0.717, 1.165) is 37.7 Å². The number of amides is 1. The van der Waals surface area contributed by atoms with Crippen molar-refractivity contribution in [2.24, 2.45) is 0 Å². The first-order valence-electron chi connectivity index (χ1n) is 11.3. The Kier molecular flexibility index (Phi) is 9.62. The normalized spacial score (nSPS) is 11.2. The number of hydrogen-bond acceptors (Lipinski definition) is 6. The summed E-state index contributed by atoms with van der Waals surface area (Å²) in [5.41, 5.74) is 1.11. The molecule has 1 heterocycles. The first kappa shape index (κ1) is 25.3. The van der Waals surface area contributed by atoms with Crippen LogP contribution in [-0.4, -0.2) is 28.4 Å². The summed E-state index contributed by atoms with van der Waals surface area (Å²) in [5, 5.41) is 6.58. The van der Waals surface area contributed by atoms with Crippen molar-refractivity contribution in [1.29, 1.82) is 0 Å². The molecular formula is C25H34N2O5. The maximum absolute atomic E-state index is 12.4. The zero-order valence-electron chi connectivity index (χ0n) is 19.5. The molecule has 2 aromatic rings. The molecule has 0 aliphatic carbocycles. The van der Waals surface area contributed by atoms with Crippen LogP contribution in [0, 0.1) is 0 Å². The van der Waals surface area contributed by atoms with Crippen molar-refractivity contribution in [2.45, 2.75) is 84.7 Å². The van der Waals surface area contributed by atoms with E-state index in [4.69, 9.17) is 9.26 Å². The SMILES string of the molecule is CCC(=O)CCCCCCCC(=O)c1cc(-c2ccc(NC(=O)OC(C)(C)C)cc2)on1. The summed E-state index contributed by atoms with van der Waals surface area (Å²) in [4.78, 5) is 35.5. The summed E-state index contributed by atoms with van der Waals surface area (Å²) in [6.07, 6.45) is 5.92. The monoisotopic (exact) mass is 442 g/mol. The Morgan fingerprint density at radius 3 is 2.22 bits per heavy atom. The van der Waals surface area contributed by atoms with E-state index < -0.39 is 11.7 Å². The van der Waals surface area contributed by atoms with Crippen molar-refractivity contribution in [3.8, 4) is 11.3 Å². The van der Waals surface area contributed by atoms with Crippen LogP contribution in [0.2, 0.25) is 0 Å². The average molecular weight is 443 g/mol. The van der Waals surface area contributed by atoms with Gasteiger partial charge >= 0.3 is 6.09 Å². The highest BCUT2D eigenvalue weighted by molar-refractivity contribution is 5.95. The van der Waals surface area contributed by atoms with Crippen molar-refractivity contribution >= 4 is 23.3 Å². The minimum atomic E-state index is -0.568. The van der Waals surface area contributed by atoms with Gasteiger partial charge in [0, 0.05) is 36.6 Å². The maximum Gasteiger partial charge on any atom is 0.412 e. The maximum atomic E-state index is 12.4. The second-order valence-corrected chi connectivity index (χ2v) is 8.86. The van der Waals surface area contributed by atoms with Crippen molar-refractivity contribution in [1.82, 2.24) is 5.16 Å². The molecule has 2 rings (SSSR count). The summed E-state index contributed by atoms with van der Waals surface area (Å²) < 4.78 is 10.6. The molecule has 174 valence electrons. The Bertz CT molecular complexity index is 894. The molecule has 0 fully saturated rings. The minimum Gasteiger partial charge on any atom is -0.444 e. The molecule has 0 saturated heterocycles. The van der Waals surface area contributed by atoms with Crippen LogP contribution in [0.3, 0.4) is 0 Å². The Balaban J connectivity index is 1.77. The van der Waals surface area contributed by atoms with Crippen LogP contribution in [0.15, 0.2) is 34.9 Å². The van der Waals surface area contributed by atoms with Gasteiger partial charge < -0.3 is 9.26 Å². The third kappa shape index (κ3) is 9.04. The molecule has 0 spiro atoms. The second kappa shape index (κ2) is 12.2. The molecule has 1 amide bonds. The van der Waals surface area contributed by atoms with Crippen molar-refractivity contribution in [3.63, 3.8) is 0 Å². The highest BCUT2D eigenvalue weighted by Crippen LogP contribution is 2.23. The molecule has 0 bridgehead atoms. The van der Waals surface area contributed by atoms with E-state index in [2.05, 4.69) is 10.5 Å². The third-order valence-corrected chi connectivity index (χ3v) is 4.86. The molecule has 0 radical (unpaired) electrons. The van der Waals surface area contributed by atoms with Crippen LogP contribution in [0.5, 0.6) is 0 Å². The molecule has 0 atom stereocenters. The van der Waals surface area contributed by atoms with E-state index in [1.54, 1.807) is 51.1 Å². The fraction of sp³-hybridized carbons (Fsp3) is 0.520. The predicted octanol–water partition coefficient (Wildman–Crippen LogP) is 6.58. The number of rotatable bonds is 12. The van der Waals surface area contributed by atoms with Crippen LogP contribution < -0.4 is 5.32 Å². The number of benzene rings is 1. The van der Waals surface area contributed by atoms with Gasteiger partial charge in [-0.05, 0) is 57.9 Å². The molecule has 0 unspecified atom stereocenters. The Hall–Kier alpha value is -2.96. The highest BCUT2D eigenvalue weighted by Gasteiger charge is 2.17. The zero-order valence-corrected chi connectivity index (χ0v) is 19.5. The molecular weight excluding hydrogens is 408 g/mol. The number of carbonyl (C=O) groups is 3. The molecule has 32 heavy (non-hydrogen) atoms. The van der Waals surface area contributed by atoms with E-state index in [0.29, 0.717) is 42.2 Å². The average Bonchev–Trinajstić information content (AvgIpc) is 3.22. The lowest BCUT2D eigenvalue weighted by Gasteiger charge is -2.19. The predicted molar refractivity (Wildman–Crippen MR) is 124 cm³/mol. The first-order chi connectivity index (χ1) is 15.2. The van der Waals surface area contributed by atoms with Crippen LogP contribution in [0.1, 0.15) is 89.5 Å². The molecule has 1 aromatic carbocycles. The number of nitrogens with zero attached hydrogens (tertiary/aromatic N) is 1. The van der Waals surface area contributed by atoms with Crippen molar-refractivity contribution in [3.05, 3.63) is 36.0 Å². The van der Waals surface area contributed by atoms with Crippen molar-refractivity contribution < 1.29 is 23.6 Å². The number of unbranched alkanes of at least 4 members (excludes halogenated alkanes) is 4. The van der Waals surface area contributed by atoms with Gasteiger partial charge in [0.1, 0.15) is 17.1 Å². The smallest absolute Gasteiger partial charge is 0.412 e. The quantitative estimate of drug-likeness (QED) is 0.294. The van der Waals surface area contributed by atoms with E-state index in [1.807, 2.05) is 6.92 Å². The molecule has 7 nitrogen and oxygen atoms in total. The fourth-order valence-corrected chi connectivity index (χ4v) is 3.12. The van der Waals surface area contributed by atoms with E-state index in [1.165, 1.54) is 0 Å². The van der Waals surface area contributed by atoms with E-state index in [-0.39, 0.29) is 5.78 Å². The molecule has 0 saturated carbocycles. The number of Topliss-reactive ketones (excluding diaryl/α,β-unsaturated/α-hetero) is 2. The Morgan fingerprint density at radius 2 is 1.59 bits per heavy atom. The van der Waals surface area contributed by atoms with Crippen LogP contribution in [0.4, 0.5) is 10.5 Å². The number of ketones is 2. The summed E-state index contributed by atoms with van der Waals surface area (Å²) in [5.74, 6) is 0.776. The van der Waals surface area contributed by atoms with Crippen LogP contribution in [0.25, 0.3) is 11.3 Å². The fourth-order valence-electron chi connectivity index (χ4n) is 3.12. The summed E-state index contributed by atoms with van der Waals surface area (Å²) >= 11 is 0. The van der Waals surface area contributed by atoms with Gasteiger partial charge in [0.2, 0.25) is 0 Å². The van der Waals surface area contributed by atoms with Gasteiger partial charge in [-0.2, -0.15) is 0 Å². The number of carbonyl (C=O) groups excluding carboxylic acids is 3. The molecule has 1 aromatic heterocycles. The lowest BCUT2D eigenvalue weighted by atomic mass is 10.0. The van der Waals surface area contributed by atoms with Gasteiger partial charge in [0.15, 0.2) is 11.5 Å². The summed E-state index contributed by atoms with van der Waals surface area (Å²) in [6, 6.07) is 8.68. The third-order valence-electron chi connectivity index (χ3n) is 4.86. The van der Waals surface area contributed by atoms with Gasteiger partial charge in [-0.3, -0.25) is 14.9 Å². The second-order valence-electron chi connectivity index (χ2n) is 8.86. The lowest BCUT2D eigenvalue weighted by Crippen LogP contribution is -2.27. The molecule has 0 aliphatic rings. The van der Waals surface area contributed by atoms with Gasteiger partial charge in [-0.1, -0.05) is 31.3 Å². The standard InChI is InChI=1S/C25H34N2O5/c1-5-20(28)11-9-7-6-8-10-12-22(29)21-17-23(32-27-21)18-13-15-19(16-14-18)26-24(30)31-25(2,3)4/h13-17H,5-12H2,1-4H3,(H,26,30). The molecule has 0 aliphatic heterocycles. The number of nitrogens with one attached hydrogen (secondary N) is 1. The Labute approximate surface area is 189 Å². The minimum absolute atomic E-state index is 0.0376. The highest BCUT2D eigenvalue weighted by atomic mass is 16.6. The van der Waals surface area contributed by atoms with Gasteiger partial charge in [0.05, 0.1) is 0 Å². The Morgan fingerprint density at radius 1 is 0.969 bits per heavy atom. The zero-order chi connectivity index (χ0) is 23.6. The largest absolute Gasteiger partial charge is 0.444 e. The number of aromatic nitrogens is 1. The summed E-state index contributed by atoms with van der Waals surface area (Å²) in [7, 11) is 0. The van der Waals surface area contributed by atoms with Gasteiger partial charge in [-0.25, -0.2) is 4.79 Å². The van der Waals surface area contributed by atoms with Crippen molar-refractivity contribution in [2.75, 3.05) is 5.32 Å². The number of hydrogen-bond donors (Lipinski definition) is 1. The lowest BCUT2D eigenvalue weighted by molar-refractivity contribution is -0.118. The molecule has 7 heteroatoms. The molecule has 1 N–H and O–H groups in total. The summed E-state index contributed by atoms with van der Waals surface area (Å²) in [6.45, 7) is 7.30. The van der Waals surface area contributed by atoms with E-state index in [9.17, 15) is 14.4 Å².